The van der Waals surface area contributed by atoms with Gasteiger partial charge in [-0.05, 0) is 25.0 Å². The van der Waals surface area contributed by atoms with Crippen LogP contribution in [0.25, 0.3) is 0 Å². The van der Waals surface area contributed by atoms with Crippen LogP contribution in [0.1, 0.15) is 35.7 Å². The molecule has 2 N–H and O–H groups in total. The Labute approximate surface area is 123 Å². The van der Waals surface area contributed by atoms with E-state index in [0.717, 1.165) is 18.4 Å². The van der Waals surface area contributed by atoms with Crippen LogP contribution in [0, 0.1) is 6.92 Å². The number of rotatable bonds is 5. The van der Waals surface area contributed by atoms with Crippen LogP contribution in [0.5, 0.6) is 5.75 Å². The molecule has 0 aliphatic rings. The van der Waals surface area contributed by atoms with Gasteiger partial charge in [-0.2, -0.15) is 0 Å². The van der Waals surface area contributed by atoms with Gasteiger partial charge < -0.3 is 20.3 Å². The molecular formula is C12H16NNaO3. The van der Waals surface area contributed by atoms with E-state index in [1.165, 1.54) is 6.07 Å². The summed E-state index contributed by atoms with van der Waals surface area (Å²) in [6, 6.07) is 3.04. The van der Waals surface area contributed by atoms with E-state index in [1.807, 2.05) is 0 Å². The Kier molecular flexibility index (Phi) is 7.27. The molecule has 0 unspecified atom stereocenters. The number of aromatic carboxylic acids is 1. The minimum atomic E-state index is -1.36. The zero-order chi connectivity index (χ0) is 12.1. The fourth-order valence-corrected chi connectivity index (χ4v) is 1.52. The third kappa shape index (κ3) is 4.22. The Morgan fingerprint density at radius 2 is 2.12 bits per heavy atom. The first-order valence-corrected chi connectivity index (χ1v) is 5.35. The molecule has 0 amide bonds. The van der Waals surface area contributed by atoms with Crippen molar-refractivity contribution in [3.05, 3.63) is 23.3 Å². The number of carboxylic acids is 1. The first-order chi connectivity index (χ1) is 7.57. The Balaban J connectivity index is 0.00000256. The summed E-state index contributed by atoms with van der Waals surface area (Å²) in [5, 5.41) is 23.4. The smallest absolute Gasteiger partial charge is 0.545 e. The number of nitrogens with one attached hydrogen (secondary N) is 1. The second kappa shape index (κ2) is 7.58. The molecule has 0 saturated heterocycles. The number of carbonyl (C=O) groups is 1. The van der Waals surface area contributed by atoms with Crippen molar-refractivity contribution >= 4 is 11.7 Å². The molecule has 0 saturated carbocycles. The van der Waals surface area contributed by atoms with Crippen molar-refractivity contribution < 1.29 is 44.6 Å². The molecule has 1 aromatic rings. The van der Waals surface area contributed by atoms with Gasteiger partial charge in [-0.3, -0.25) is 0 Å². The van der Waals surface area contributed by atoms with Gasteiger partial charge in [0.2, 0.25) is 0 Å². The van der Waals surface area contributed by atoms with E-state index in [-0.39, 0.29) is 40.9 Å². The average Bonchev–Trinajstić information content (AvgIpc) is 2.23. The van der Waals surface area contributed by atoms with E-state index in [1.54, 1.807) is 13.0 Å². The van der Waals surface area contributed by atoms with Crippen molar-refractivity contribution in [2.45, 2.75) is 26.7 Å². The summed E-state index contributed by atoms with van der Waals surface area (Å²) in [5.41, 5.74) is 1.08. The molecule has 0 bridgehead atoms. The van der Waals surface area contributed by atoms with Gasteiger partial charge in [-0.25, -0.2) is 0 Å². The number of phenols is 1. The van der Waals surface area contributed by atoms with Gasteiger partial charge >= 0.3 is 29.6 Å². The standard InChI is InChI=1S/C12H17NO3.Na/c1-3-4-7-13-11-8(2)5-6-9(14)10(11)12(15)16;/h5-6,13-14H,3-4,7H2,1-2H3,(H,15,16);/q;+1/p-1. The Morgan fingerprint density at radius 3 is 2.65 bits per heavy atom. The van der Waals surface area contributed by atoms with Gasteiger partial charge in [-0.1, -0.05) is 19.4 Å². The van der Waals surface area contributed by atoms with Gasteiger partial charge in [-0.15, -0.1) is 0 Å². The summed E-state index contributed by atoms with van der Waals surface area (Å²) in [5.74, 6) is -1.62. The third-order valence-corrected chi connectivity index (χ3v) is 2.43. The van der Waals surface area contributed by atoms with Crippen LogP contribution in [0.2, 0.25) is 0 Å². The molecule has 0 fully saturated rings. The van der Waals surface area contributed by atoms with Gasteiger partial charge in [0.25, 0.3) is 0 Å². The molecule has 0 aromatic heterocycles. The zero-order valence-corrected chi connectivity index (χ0v) is 12.5. The van der Waals surface area contributed by atoms with Crippen LogP contribution in [-0.2, 0) is 0 Å². The van der Waals surface area contributed by atoms with Gasteiger partial charge in [0.05, 0.1) is 11.5 Å². The SMILES string of the molecule is CCCCNc1c(C)ccc(O)c1C(=O)[O-].[Na+]. The summed E-state index contributed by atoms with van der Waals surface area (Å²) in [7, 11) is 0. The number of carboxylic acid groups (broad SMARTS) is 1. The third-order valence-electron chi connectivity index (χ3n) is 2.43. The Bertz CT molecular complexity index is 394. The van der Waals surface area contributed by atoms with Crippen LogP contribution >= 0.6 is 0 Å². The maximum Gasteiger partial charge on any atom is 1.00 e. The Morgan fingerprint density at radius 1 is 1.47 bits per heavy atom. The summed E-state index contributed by atoms with van der Waals surface area (Å²) in [6.07, 6.45) is 1.97. The number of aryl methyl sites for hydroxylation is 1. The second-order valence-electron chi connectivity index (χ2n) is 3.72. The minimum Gasteiger partial charge on any atom is -0.545 e. The zero-order valence-electron chi connectivity index (χ0n) is 10.5. The maximum absolute atomic E-state index is 10.9. The summed E-state index contributed by atoms with van der Waals surface area (Å²) < 4.78 is 0. The van der Waals surface area contributed by atoms with Crippen LogP contribution < -0.4 is 40.0 Å². The average molecular weight is 245 g/mol. The fourth-order valence-electron chi connectivity index (χ4n) is 1.52. The Hall–Kier alpha value is -0.710. The van der Waals surface area contributed by atoms with Crippen LogP contribution in [0.3, 0.4) is 0 Å². The molecule has 0 atom stereocenters. The van der Waals surface area contributed by atoms with Crippen molar-refractivity contribution in [2.24, 2.45) is 0 Å². The largest absolute Gasteiger partial charge is 1.00 e. The van der Waals surface area contributed by atoms with Crippen LogP contribution in [-0.4, -0.2) is 17.6 Å². The first-order valence-electron chi connectivity index (χ1n) is 5.35. The number of carbonyl (C=O) groups excluding carboxylic acids is 1. The molecule has 17 heavy (non-hydrogen) atoms. The van der Waals surface area contributed by atoms with Gasteiger partial charge in [0.1, 0.15) is 5.75 Å². The number of aromatic hydroxyl groups is 1. The second-order valence-corrected chi connectivity index (χ2v) is 3.72. The molecule has 0 spiro atoms. The molecule has 1 rings (SSSR count). The number of hydrogen-bond acceptors (Lipinski definition) is 4. The van der Waals surface area contributed by atoms with Gasteiger partial charge in [0, 0.05) is 12.2 Å². The monoisotopic (exact) mass is 245 g/mol. The van der Waals surface area contributed by atoms with E-state index in [0.29, 0.717) is 12.2 Å². The van der Waals surface area contributed by atoms with Crippen LogP contribution in [0.15, 0.2) is 12.1 Å². The molecule has 4 nitrogen and oxygen atoms in total. The predicted molar refractivity (Wildman–Crippen MR) is 60.6 cm³/mol. The van der Waals surface area contributed by atoms with Crippen molar-refractivity contribution in [3.8, 4) is 5.75 Å². The van der Waals surface area contributed by atoms with E-state index in [4.69, 9.17) is 0 Å². The molecule has 0 aliphatic carbocycles. The molecule has 5 heteroatoms. The normalized spacial score (nSPS) is 9.53. The summed E-state index contributed by atoms with van der Waals surface area (Å²) in [4.78, 5) is 10.9. The molecule has 0 radical (unpaired) electrons. The van der Waals surface area contributed by atoms with Gasteiger partial charge in [0.15, 0.2) is 0 Å². The van der Waals surface area contributed by atoms with E-state index < -0.39 is 5.97 Å². The predicted octanol–water partition coefficient (Wildman–Crippen LogP) is -1.72. The number of benzene rings is 1. The summed E-state index contributed by atoms with van der Waals surface area (Å²) in [6.45, 7) is 4.53. The molecule has 0 heterocycles. The van der Waals surface area contributed by atoms with Crippen molar-refractivity contribution in [1.29, 1.82) is 0 Å². The first kappa shape index (κ1) is 16.3. The van der Waals surface area contributed by atoms with Crippen molar-refractivity contribution in [2.75, 3.05) is 11.9 Å². The van der Waals surface area contributed by atoms with Crippen molar-refractivity contribution in [1.82, 2.24) is 0 Å². The van der Waals surface area contributed by atoms with E-state index >= 15 is 0 Å². The molecular weight excluding hydrogens is 229 g/mol. The minimum absolute atomic E-state index is 0. The van der Waals surface area contributed by atoms with Crippen molar-refractivity contribution in [3.63, 3.8) is 0 Å². The fraction of sp³-hybridized carbons (Fsp3) is 0.417. The van der Waals surface area contributed by atoms with E-state index in [9.17, 15) is 15.0 Å². The molecule has 88 valence electrons. The topological polar surface area (TPSA) is 72.4 Å². The quantitative estimate of drug-likeness (QED) is 0.478. The van der Waals surface area contributed by atoms with E-state index in [2.05, 4.69) is 12.2 Å². The summed E-state index contributed by atoms with van der Waals surface area (Å²) >= 11 is 0. The molecule has 0 aliphatic heterocycles. The number of unbranched alkanes of at least 4 members (excludes halogenated alkanes) is 1. The number of hydrogen-bond donors (Lipinski definition) is 2. The molecule has 1 aromatic carbocycles. The van der Waals surface area contributed by atoms with Crippen LogP contribution in [0.4, 0.5) is 5.69 Å². The maximum atomic E-state index is 10.9. The number of anilines is 1.